The van der Waals surface area contributed by atoms with Crippen LogP contribution < -0.4 is 4.74 Å². The third-order valence-corrected chi connectivity index (χ3v) is 3.03. The Labute approximate surface area is 120 Å². The van der Waals surface area contributed by atoms with Crippen molar-refractivity contribution in [2.45, 2.75) is 13.0 Å². The zero-order chi connectivity index (χ0) is 14.7. The number of rotatable bonds is 4. The number of ether oxygens (including phenoxy) is 1. The largest absolute Gasteiger partial charge is 0.449 e. The highest BCUT2D eigenvalue weighted by atomic mass is 35.5. The van der Waals surface area contributed by atoms with Crippen molar-refractivity contribution in [3.63, 3.8) is 0 Å². The molecule has 0 aromatic heterocycles. The Morgan fingerprint density at radius 2 is 1.95 bits per heavy atom. The molecule has 1 N–H and O–H groups in total. The molecule has 0 aliphatic heterocycles. The monoisotopic (exact) mass is 293 g/mol. The molecule has 0 heterocycles. The SMILES string of the molecule is C[C@H](O)c1ccc(Oc2ccccc2Cl)c([N+](=O)[O-])c1. The highest BCUT2D eigenvalue weighted by Gasteiger charge is 2.18. The van der Waals surface area contributed by atoms with Gasteiger partial charge in [0.1, 0.15) is 5.75 Å². The Bertz CT molecular complexity index is 643. The van der Waals surface area contributed by atoms with Crippen LogP contribution in [0.25, 0.3) is 0 Å². The molecule has 0 spiro atoms. The van der Waals surface area contributed by atoms with Crippen LogP contribution >= 0.6 is 11.6 Å². The lowest BCUT2D eigenvalue weighted by molar-refractivity contribution is -0.385. The molecule has 0 saturated carbocycles. The normalized spacial score (nSPS) is 11.9. The summed E-state index contributed by atoms with van der Waals surface area (Å²) in [5, 5.41) is 20.9. The molecular weight excluding hydrogens is 282 g/mol. The Morgan fingerprint density at radius 3 is 2.55 bits per heavy atom. The van der Waals surface area contributed by atoms with Crippen molar-refractivity contribution in [3.8, 4) is 11.5 Å². The van der Waals surface area contributed by atoms with Gasteiger partial charge in [-0.15, -0.1) is 0 Å². The van der Waals surface area contributed by atoms with Crippen molar-refractivity contribution in [3.05, 3.63) is 63.2 Å². The first-order valence-electron chi connectivity index (χ1n) is 5.88. The molecule has 0 bridgehead atoms. The Hall–Kier alpha value is -2.11. The Balaban J connectivity index is 2.41. The van der Waals surface area contributed by atoms with Crippen LogP contribution in [0.2, 0.25) is 5.02 Å². The minimum atomic E-state index is -0.789. The third kappa shape index (κ3) is 3.07. The van der Waals surface area contributed by atoms with Crippen LogP contribution in [-0.2, 0) is 0 Å². The van der Waals surface area contributed by atoms with Gasteiger partial charge in [0, 0.05) is 6.07 Å². The van der Waals surface area contributed by atoms with E-state index in [-0.39, 0.29) is 11.4 Å². The van der Waals surface area contributed by atoms with Crippen LogP contribution in [0.1, 0.15) is 18.6 Å². The predicted octanol–water partition coefficient (Wildman–Crippen LogP) is 4.09. The quantitative estimate of drug-likeness (QED) is 0.680. The fourth-order valence-electron chi connectivity index (χ4n) is 1.67. The average molecular weight is 294 g/mol. The summed E-state index contributed by atoms with van der Waals surface area (Å²) in [5.74, 6) is 0.412. The molecule has 0 fully saturated rings. The van der Waals surface area contributed by atoms with Gasteiger partial charge >= 0.3 is 5.69 Å². The van der Waals surface area contributed by atoms with E-state index < -0.39 is 11.0 Å². The maximum absolute atomic E-state index is 11.1. The van der Waals surface area contributed by atoms with Gasteiger partial charge in [-0.25, -0.2) is 0 Å². The molecule has 5 nitrogen and oxygen atoms in total. The molecule has 2 aromatic rings. The molecule has 20 heavy (non-hydrogen) atoms. The number of aliphatic hydroxyl groups is 1. The predicted molar refractivity (Wildman–Crippen MR) is 75.3 cm³/mol. The van der Waals surface area contributed by atoms with Crippen LogP contribution in [-0.4, -0.2) is 10.0 Å². The zero-order valence-electron chi connectivity index (χ0n) is 10.6. The van der Waals surface area contributed by atoms with Crippen LogP contribution in [0.3, 0.4) is 0 Å². The third-order valence-electron chi connectivity index (χ3n) is 2.72. The molecule has 0 aliphatic carbocycles. The van der Waals surface area contributed by atoms with E-state index in [0.29, 0.717) is 16.3 Å². The molecule has 0 saturated heterocycles. The van der Waals surface area contributed by atoms with Gasteiger partial charge in [0.2, 0.25) is 5.75 Å². The van der Waals surface area contributed by atoms with Crippen LogP contribution in [0, 0.1) is 10.1 Å². The Kier molecular flexibility index (Phi) is 4.22. The van der Waals surface area contributed by atoms with Crippen molar-refractivity contribution >= 4 is 17.3 Å². The van der Waals surface area contributed by atoms with Gasteiger partial charge in [-0.1, -0.05) is 29.8 Å². The number of nitrogens with zero attached hydrogens (tertiary/aromatic N) is 1. The van der Waals surface area contributed by atoms with Gasteiger partial charge in [0.15, 0.2) is 0 Å². The summed E-state index contributed by atoms with van der Waals surface area (Å²) in [7, 11) is 0. The molecule has 2 rings (SSSR count). The number of hydrogen-bond donors (Lipinski definition) is 1. The summed E-state index contributed by atoms with van der Waals surface area (Å²) in [5.41, 5.74) is 0.228. The minimum absolute atomic E-state index is 0.0764. The van der Waals surface area contributed by atoms with Gasteiger partial charge in [0.25, 0.3) is 0 Å². The number of benzene rings is 2. The first-order chi connectivity index (χ1) is 9.49. The number of nitro benzene ring substituents is 1. The fraction of sp³-hybridized carbons (Fsp3) is 0.143. The Morgan fingerprint density at radius 1 is 1.25 bits per heavy atom. The van der Waals surface area contributed by atoms with Crippen LogP contribution in [0.15, 0.2) is 42.5 Å². The molecule has 6 heteroatoms. The summed E-state index contributed by atoms with van der Waals surface area (Å²) in [6.07, 6.45) is -0.789. The standard InChI is InChI=1S/C14H12ClNO4/c1-9(17)10-6-7-14(12(8-10)16(18)19)20-13-5-3-2-4-11(13)15/h2-9,17H,1H3/t9-/m0/s1. The summed E-state index contributed by atoms with van der Waals surface area (Å²) in [6.45, 7) is 1.54. The second-order valence-corrected chi connectivity index (χ2v) is 4.60. The number of para-hydroxylation sites is 1. The van der Waals surface area contributed by atoms with Crippen molar-refractivity contribution in [2.24, 2.45) is 0 Å². The summed E-state index contributed by atoms with van der Waals surface area (Å²) in [4.78, 5) is 10.5. The average Bonchev–Trinajstić information content (AvgIpc) is 2.41. The first-order valence-corrected chi connectivity index (χ1v) is 6.25. The van der Waals surface area contributed by atoms with E-state index in [1.807, 2.05) is 0 Å². The number of nitro groups is 1. The summed E-state index contributed by atoms with van der Waals surface area (Å²) >= 11 is 5.95. The summed E-state index contributed by atoms with van der Waals surface area (Å²) in [6, 6.07) is 11.0. The van der Waals surface area contributed by atoms with Gasteiger partial charge in [0.05, 0.1) is 16.0 Å². The van der Waals surface area contributed by atoms with Crippen molar-refractivity contribution < 1.29 is 14.8 Å². The van der Waals surface area contributed by atoms with E-state index >= 15 is 0 Å². The highest BCUT2D eigenvalue weighted by molar-refractivity contribution is 6.32. The molecule has 2 aromatic carbocycles. The number of halogens is 1. The first kappa shape index (κ1) is 14.3. The van der Waals surface area contributed by atoms with E-state index in [4.69, 9.17) is 16.3 Å². The molecule has 0 aliphatic rings. The molecule has 0 amide bonds. The fourth-order valence-corrected chi connectivity index (χ4v) is 1.84. The number of aliphatic hydroxyl groups excluding tert-OH is 1. The molecule has 0 unspecified atom stereocenters. The van der Waals surface area contributed by atoms with Gasteiger partial charge in [-0.3, -0.25) is 10.1 Å². The van der Waals surface area contributed by atoms with Gasteiger partial charge in [-0.05, 0) is 30.7 Å². The van der Waals surface area contributed by atoms with E-state index in [1.54, 1.807) is 30.3 Å². The zero-order valence-corrected chi connectivity index (χ0v) is 11.4. The lowest BCUT2D eigenvalue weighted by Crippen LogP contribution is -1.97. The van der Waals surface area contributed by atoms with Gasteiger partial charge in [-0.2, -0.15) is 0 Å². The maximum atomic E-state index is 11.1. The summed E-state index contributed by atoms with van der Waals surface area (Å²) < 4.78 is 5.48. The van der Waals surface area contributed by atoms with Crippen molar-refractivity contribution in [2.75, 3.05) is 0 Å². The maximum Gasteiger partial charge on any atom is 0.311 e. The van der Waals surface area contributed by atoms with E-state index in [1.165, 1.54) is 19.1 Å². The van der Waals surface area contributed by atoms with E-state index in [0.717, 1.165) is 0 Å². The minimum Gasteiger partial charge on any atom is -0.449 e. The second-order valence-electron chi connectivity index (χ2n) is 4.19. The smallest absolute Gasteiger partial charge is 0.311 e. The second kappa shape index (κ2) is 5.90. The lowest BCUT2D eigenvalue weighted by atomic mass is 10.1. The van der Waals surface area contributed by atoms with E-state index in [9.17, 15) is 15.2 Å². The van der Waals surface area contributed by atoms with E-state index in [2.05, 4.69) is 0 Å². The molecule has 0 radical (unpaired) electrons. The number of hydrogen-bond acceptors (Lipinski definition) is 4. The molecule has 1 atom stereocenters. The molecular formula is C14H12ClNO4. The van der Waals surface area contributed by atoms with Crippen LogP contribution in [0.5, 0.6) is 11.5 Å². The lowest BCUT2D eigenvalue weighted by Gasteiger charge is -2.10. The van der Waals surface area contributed by atoms with Crippen LogP contribution in [0.4, 0.5) is 5.69 Å². The highest BCUT2D eigenvalue weighted by Crippen LogP contribution is 2.36. The topological polar surface area (TPSA) is 72.6 Å². The molecule has 104 valence electrons. The van der Waals surface area contributed by atoms with Crippen molar-refractivity contribution in [1.29, 1.82) is 0 Å². The van der Waals surface area contributed by atoms with Gasteiger partial charge < -0.3 is 9.84 Å². The van der Waals surface area contributed by atoms with Crippen molar-refractivity contribution in [1.82, 2.24) is 0 Å².